The monoisotopic (exact) mass is 139 g/mol. The van der Waals surface area contributed by atoms with Crippen LogP contribution in [-0.4, -0.2) is 11.9 Å². The summed E-state index contributed by atoms with van der Waals surface area (Å²) in [5, 5.41) is 2.95. The smallest absolute Gasteiger partial charge is 0.217 e. The van der Waals surface area contributed by atoms with E-state index in [2.05, 4.69) is 5.32 Å². The zero-order valence-corrected chi connectivity index (χ0v) is 6.26. The van der Waals surface area contributed by atoms with E-state index in [1.165, 1.54) is 19.3 Å². The molecule has 0 unspecified atom stereocenters. The van der Waals surface area contributed by atoms with Gasteiger partial charge in [-0.15, -0.1) is 0 Å². The Kier molecular flexibility index (Phi) is 1.22. The van der Waals surface area contributed by atoms with Gasteiger partial charge in [0.15, 0.2) is 0 Å². The molecule has 1 N–H and O–H groups in total. The van der Waals surface area contributed by atoms with Crippen LogP contribution in [0.3, 0.4) is 0 Å². The third-order valence-corrected chi connectivity index (χ3v) is 2.46. The molecule has 0 aromatic rings. The van der Waals surface area contributed by atoms with Gasteiger partial charge in [0.2, 0.25) is 5.91 Å². The second kappa shape index (κ2) is 1.97. The summed E-state index contributed by atoms with van der Waals surface area (Å²) in [5.74, 6) is 1.95. The van der Waals surface area contributed by atoms with Gasteiger partial charge in [0.1, 0.15) is 0 Å². The van der Waals surface area contributed by atoms with Gasteiger partial charge in [-0.25, -0.2) is 0 Å². The first-order chi connectivity index (χ1) is 4.77. The van der Waals surface area contributed by atoms with Crippen molar-refractivity contribution in [2.24, 2.45) is 11.8 Å². The third kappa shape index (κ3) is 1.15. The zero-order chi connectivity index (χ0) is 7.14. The molecule has 2 aliphatic carbocycles. The van der Waals surface area contributed by atoms with Crippen LogP contribution in [0, 0.1) is 11.8 Å². The SMILES string of the molecule is CC(=O)N[C@@H]1C[C@H]1C1CC1. The molecule has 2 nitrogen and oxygen atoms in total. The number of carbonyl (C=O) groups is 1. The summed E-state index contributed by atoms with van der Waals surface area (Å²) in [6, 6.07) is 0.546. The van der Waals surface area contributed by atoms with E-state index in [1.54, 1.807) is 6.92 Å². The molecule has 2 rings (SSSR count). The minimum absolute atomic E-state index is 0.133. The normalized spacial score (nSPS) is 37.3. The van der Waals surface area contributed by atoms with E-state index >= 15 is 0 Å². The molecule has 0 saturated heterocycles. The predicted molar refractivity (Wildman–Crippen MR) is 38.4 cm³/mol. The Bertz CT molecular complexity index is 163. The molecule has 2 saturated carbocycles. The summed E-state index contributed by atoms with van der Waals surface area (Å²) >= 11 is 0. The van der Waals surface area contributed by atoms with Crippen molar-refractivity contribution in [2.75, 3.05) is 0 Å². The molecule has 0 aromatic carbocycles. The van der Waals surface area contributed by atoms with Gasteiger partial charge in [-0.05, 0) is 31.1 Å². The lowest BCUT2D eigenvalue weighted by Gasteiger charge is -1.97. The van der Waals surface area contributed by atoms with Crippen molar-refractivity contribution in [3.63, 3.8) is 0 Å². The Morgan fingerprint density at radius 2 is 2.20 bits per heavy atom. The molecule has 0 aromatic heterocycles. The van der Waals surface area contributed by atoms with Crippen molar-refractivity contribution in [2.45, 2.75) is 32.2 Å². The maximum atomic E-state index is 10.6. The number of hydrogen-bond acceptors (Lipinski definition) is 1. The van der Waals surface area contributed by atoms with Crippen molar-refractivity contribution < 1.29 is 4.79 Å². The zero-order valence-electron chi connectivity index (χ0n) is 6.26. The maximum Gasteiger partial charge on any atom is 0.217 e. The fourth-order valence-corrected chi connectivity index (χ4v) is 1.69. The number of nitrogens with one attached hydrogen (secondary N) is 1. The molecule has 2 atom stereocenters. The van der Waals surface area contributed by atoms with Crippen molar-refractivity contribution in [3.05, 3.63) is 0 Å². The Labute approximate surface area is 61.0 Å². The van der Waals surface area contributed by atoms with Crippen LogP contribution in [0.25, 0.3) is 0 Å². The average molecular weight is 139 g/mol. The van der Waals surface area contributed by atoms with Gasteiger partial charge in [0.05, 0.1) is 0 Å². The summed E-state index contributed by atoms with van der Waals surface area (Å²) < 4.78 is 0. The van der Waals surface area contributed by atoms with Crippen LogP contribution in [-0.2, 0) is 4.79 Å². The summed E-state index contributed by atoms with van der Waals surface area (Å²) in [7, 11) is 0. The van der Waals surface area contributed by atoms with E-state index in [-0.39, 0.29) is 5.91 Å². The topological polar surface area (TPSA) is 29.1 Å². The highest BCUT2D eigenvalue weighted by Gasteiger charge is 2.47. The molecule has 2 aliphatic rings. The summed E-state index contributed by atoms with van der Waals surface area (Å²) in [5.41, 5.74) is 0. The first kappa shape index (κ1) is 6.20. The van der Waals surface area contributed by atoms with Gasteiger partial charge in [0.25, 0.3) is 0 Å². The summed E-state index contributed by atoms with van der Waals surface area (Å²) in [4.78, 5) is 10.6. The van der Waals surface area contributed by atoms with Gasteiger partial charge in [-0.1, -0.05) is 0 Å². The highest BCUT2D eigenvalue weighted by atomic mass is 16.1. The highest BCUT2D eigenvalue weighted by molar-refractivity contribution is 5.73. The van der Waals surface area contributed by atoms with E-state index in [1.807, 2.05) is 0 Å². The Balaban J connectivity index is 1.73. The predicted octanol–water partition coefficient (Wildman–Crippen LogP) is 0.921. The Morgan fingerprint density at radius 1 is 1.50 bits per heavy atom. The van der Waals surface area contributed by atoms with Crippen LogP contribution in [0.2, 0.25) is 0 Å². The molecule has 56 valence electrons. The van der Waals surface area contributed by atoms with Crippen LogP contribution in [0.15, 0.2) is 0 Å². The Morgan fingerprint density at radius 3 is 2.70 bits per heavy atom. The minimum atomic E-state index is 0.133. The van der Waals surface area contributed by atoms with E-state index in [0.717, 1.165) is 11.8 Å². The van der Waals surface area contributed by atoms with Gasteiger partial charge in [-0.2, -0.15) is 0 Å². The molecular weight excluding hydrogens is 126 g/mol. The molecular formula is C8H13NO. The number of hydrogen-bond donors (Lipinski definition) is 1. The minimum Gasteiger partial charge on any atom is -0.353 e. The van der Waals surface area contributed by atoms with Crippen molar-refractivity contribution in [3.8, 4) is 0 Å². The second-order valence-electron chi connectivity index (χ2n) is 3.54. The third-order valence-electron chi connectivity index (χ3n) is 2.46. The first-order valence-electron chi connectivity index (χ1n) is 4.04. The molecule has 0 aliphatic heterocycles. The standard InChI is InChI=1S/C8H13NO/c1-5(10)9-8-4-7(8)6-2-3-6/h6-8H,2-4H2,1H3,(H,9,10)/t7-,8+/m0/s1. The van der Waals surface area contributed by atoms with E-state index in [0.29, 0.717) is 6.04 Å². The van der Waals surface area contributed by atoms with Crippen molar-refractivity contribution in [1.29, 1.82) is 0 Å². The lowest BCUT2D eigenvalue weighted by atomic mass is 10.3. The van der Waals surface area contributed by atoms with Crippen LogP contribution in [0.1, 0.15) is 26.2 Å². The highest BCUT2D eigenvalue weighted by Crippen LogP contribution is 2.49. The number of rotatable bonds is 2. The molecule has 0 bridgehead atoms. The second-order valence-corrected chi connectivity index (χ2v) is 3.54. The van der Waals surface area contributed by atoms with Gasteiger partial charge >= 0.3 is 0 Å². The molecule has 0 radical (unpaired) electrons. The summed E-state index contributed by atoms with van der Waals surface area (Å²) in [6.07, 6.45) is 4.05. The summed E-state index contributed by atoms with van der Waals surface area (Å²) in [6.45, 7) is 1.60. The molecule has 10 heavy (non-hydrogen) atoms. The van der Waals surface area contributed by atoms with Crippen molar-refractivity contribution in [1.82, 2.24) is 5.32 Å². The Hall–Kier alpha value is -0.530. The van der Waals surface area contributed by atoms with E-state index < -0.39 is 0 Å². The number of amides is 1. The fourth-order valence-electron chi connectivity index (χ4n) is 1.69. The maximum absolute atomic E-state index is 10.6. The molecule has 1 amide bonds. The van der Waals surface area contributed by atoms with Crippen LogP contribution < -0.4 is 5.32 Å². The van der Waals surface area contributed by atoms with E-state index in [9.17, 15) is 4.79 Å². The average Bonchev–Trinajstić information content (AvgIpc) is 2.49. The van der Waals surface area contributed by atoms with E-state index in [4.69, 9.17) is 0 Å². The fraction of sp³-hybridized carbons (Fsp3) is 0.875. The largest absolute Gasteiger partial charge is 0.353 e. The molecule has 0 spiro atoms. The molecule has 0 heterocycles. The number of carbonyl (C=O) groups excluding carboxylic acids is 1. The van der Waals surface area contributed by atoms with Gasteiger partial charge < -0.3 is 5.32 Å². The van der Waals surface area contributed by atoms with Gasteiger partial charge in [-0.3, -0.25) is 4.79 Å². The lowest BCUT2D eigenvalue weighted by molar-refractivity contribution is -0.119. The molecule has 2 fully saturated rings. The van der Waals surface area contributed by atoms with Crippen LogP contribution in [0.4, 0.5) is 0 Å². The van der Waals surface area contributed by atoms with Gasteiger partial charge in [0, 0.05) is 13.0 Å². The lowest BCUT2D eigenvalue weighted by Crippen LogP contribution is -2.23. The molecule has 2 heteroatoms. The van der Waals surface area contributed by atoms with Crippen molar-refractivity contribution >= 4 is 5.91 Å². The first-order valence-corrected chi connectivity index (χ1v) is 4.04. The van der Waals surface area contributed by atoms with Crippen LogP contribution in [0.5, 0.6) is 0 Å². The quantitative estimate of drug-likeness (QED) is 0.605. The van der Waals surface area contributed by atoms with Crippen LogP contribution >= 0.6 is 0 Å².